The van der Waals surface area contributed by atoms with Crippen LogP contribution < -0.4 is 0 Å². The van der Waals surface area contributed by atoms with E-state index in [2.05, 4.69) is 0 Å². The average Bonchev–Trinajstić information content (AvgIpc) is 3.00. The van der Waals surface area contributed by atoms with Crippen molar-refractivity contribution in [1.82, 2.24) is 24.5 Å². The van der Waals surface area contributed by atoms with Gasteiger partial charge in [-0.15, -0.1) is 0 Å². The molecule has 4 fully saturated rings. The number of hydrogen-bond acceptors (Lipinski definition) is 6. The molecule has 1 aliphatic carbocycles. The van der Waals surface area contributed by atoms with Gasteiger partial charge in [0.1, 0.15) is 12.1 Å². The number of morpholine rings is 1. The molecule has 0 atom stereocenters. The Balaban J connectivity index is 1.31. The molecule has 4 aliphatic rings. The number of rotatable bonds is 2. The lowest BCUT2D eigenvalue weighted by Crippen LogP contribution is -2.56. The molecule has 1 saturated carbocycles. The lowest BCUT2D eigenvalue weighted by Gasteiger charge is -2.36. The standard InChI is InChI=1S/C21H31N5O6/c1-22-20(31)26(19(30)21(22)5-3-2-4-6-21)15-16(27)23-7-9-24(10-8-23)17(28)18(29)25-11-13-32-14-12-25/h2-15H2,1H3. The molecule has 0 radical (unpaired) electrons. The maximum Gasteiger partial charge on any atom is 0.327 e. The molecule has 3 heterocycles. The van der Waals surface area contributed by atoms with Crippen LogP contribution in [-0.2, 0) is 23.9 Å². The molecule has 3 saturated heterocycles. The van der Waals surface area contributed by atoms with Gasteiger partial charge in [-0.2, -0.15) is 0 Å². The van der Waals surface area contributed by atoms with E-state index in [1.807, 2.05) is 0 Å². The van der Waals surface area contributed by atoms with E-state index in [1.165, 1.54) is 14.7 Å². The largest absolute Gasteiger partial charge is 0.378 e. The zero-order valence-corrected chi connectivity index (χ0v) is 18.6. The highest BCUT2D eigenvalue weighted by Gasteiger charge is 2.56. The topological polar surface area (TPSA) is 111 Å². The molecule has 176 valence electrons. The summed E-state index contributed by atoms with van der Waals surface area (Å²) in [5.41, 5.74) is -0.805. The minimum absolute atomic E-state index is 0.242. The van der Waals surface area contributed by atoms with Crippen molar-refractivity contribution in [2.75, 3.05) is 66.1 Å². The van der Waals surface area contributed by atoms with E-state index in [0.29, 0.717) is 39.1 Å². The molecule has 11 heteroatoms. The summed E-state index contributed by atoms with van der Waals surface area (Å²) in [7, 11) is 1.64. The summed E-state index contributed by atoms with van der Waals surface area (Å²) < 4.78 is 5.21. The van der Waals surface area contributed by atoms with E-state index < -0.39 is 23.4 Å². The Labute approximate surface area is 187 Å². The molecular weight excluding hydrogens is 418 g/mol. The second-order valence-corrected chi connectivity index (χ2v) is 8.90. The van der Waals surface area contributed by atoms with Crippen molar-refractivity contribution >= 4 is 29.7 Å². The molecule has 6 amide bonds. The van der Waals surface area contributed by atoms with Crippen molar-refractivity contribution < 1.29 is 28.7 Å². The molecule has 1 spiro atoms. The summed E-state index contributed by atoms with van der Waals surface area (Å²) in [5, 5.41) is 0. The summed E-state index contributed by atoms with van der Waals surface area (Å²) in [6, 6.07) is -0.421. The highest BCUT2D eigenvalue weighted by molar-refractivity contribution is 6.35. The third-order valence-electron chi connectivity index (χ3n) is 7.18. The average molecular weight is 450 g/mol. The van der Waals surface area contributed by atoms with Gasteiger partial charge in [0.25, 0.3) is 5.91 Å². The number of carbonyl (C=O) groups excluding carboxylic acids is 5. The van der Waals surface area contributed by atoms with Crippen LogP contribution in [0.3, 0.4) is 0 Å². The minimum atomic E-state index is -0.805. The molecule has 0 bridgehead atoms. The number of hydrogen-bond donors (Lipinski definition) is 0. The van der Waals surface area contributed by atoms with Gasteiger partial charge in [0, 0.05) is 46.3 Å². The van der Waals surface area contributed by atoms with Crippen molar-refractivity contribution in [2.45, 2.75) is 37.6 Å². The van der Waals surface area contributed by atoms with E-state index >= 15 is 0 Å². The van der Waals surface area contributed by atoms with E-state index in [0.717, 1.165) is 24.2 Å². The zero-order chi connectivity index (χ0) is 22.9. The molecule has 32 heavy (non-hydrogen) atoms. The van der Waals surface area contributed by atoms with Gasteiger partial charge in [0.05, 0.1) is 13.2 Å². The van der Waals surface area contributed by atoms with Gasteiger partial charge in [0.15, 0.2) is 0 Å². The highest BCUT2D eigenvalue weighted by Crippen LogP contribution is 2.39. The van der Waals surface area contributed by atoms with Crippen molar-refractivity contribution in [3.05, 3.63) is 0 Å². The third kappa shape index (κ3) is 3.94. The quantitative estimate of drug-likeness (QED) is 0.400. The lowest BCUT2D eigenvalue weighted by molar-refractivity contribution is -0.155. The van der Waals surface area contributed by atoms with Gasteiger partial charge in [-0.25, -0.2) is 4.79 Å². The first-order chi connectivity index (χ1) is 15.3. The normalized spacial score (nSPS) is 23.8. The summed E-state index contributed by atoms with van der Waals surface area (Å²) in [6.07, 6.45) is 4.11. The van der Waals surface area contributed by atoms with E-state index in [-0.39, 0.29) is 44.5 Å². The van der Waals surface area contributed by atoms with Gasteiger partial charge in [-0.05, 0) is 12.8 Å². The number of amides is 6. The first-order valence-corrected chi connectivity index (χ1v) is 11.4. The van der Waals surface area contributed by atoms with Crippen molar-refractivity contribution in [2.24, 2.45) is 0 Å². The van der Waals surface area contributed by atoms with Crippen LogP contribution in [0.15, 0.2) is 0 Å². The van der Waals surface area contributed by atoms with Crippen molar-refractivity contribution in [3.8, 4) is 0 Å². The third-order valence-corrected chi connectivity index (χ3v) is 7.18. The van der Waals surface area contributed by atoms with Crippen molar-refractivity contribution in [3.63, 3.8) is 0 Å². The van der Waals surface area contributed by atoms with Gasteiger partial charge < -0.3 is 24.3 Å². The Bertz CT molecular complexity index is 797. The summed E-state index contributed by atoms with van der Waals surface area (Å²) in [5.74, 6) is -1.70. The minimum Gasteiger partial charge on any atom is -0.378 e. The fourth-order valence-corrected chi connectivity index (χ4v) is 5.10. The smallest absolute Gasteiger partial charge is 0.327 e. The van der Waals surface area contributed by atoms with Gasteiger partial charge >= 0.3 is 17.8 Å². The molecule has 0 N–H and O–H groups in total. The maximum absolute atomic E-state index is 13.1. The number of urea groups is 1. The number of ether oxygens (including phenoxy) is 1. The first kappa shape index (κ1) is 22.5. The Morgan fingerprint density at radius 2 is 1.34 bits per heavy atom. The van der Waals surface area contributed by atoms with E-state index in [9.17, 15) is 24.0 Å². The Hall–Kier alpha value is -2.69. The second-order valence-electron chi connectivity index (χ2n) is 8.90. The van der Waals surface area contributed by atoms with Crippen LogP contribution >= 0.6 is 0 Å². The molecule has 0 aromatic heterocycles. The number of carbonyl (C=O) groups is 5. The molecular formula is C21H31N5O6. The SMILES string of the molecule is CN1C(=O)N(CC(=O)N2CCN(C(=O)C(=O)N3CCOCC3)CC2)C(=O)C12CCCCC2. The summed E-state index contributed by atoms with van der Waals surface area (Å²) in [4.78, 5) is 70.7. The van der Waals surface area contributed by atoms with Crippen LogP contribution in [0, 0.1) is 0 Å². The molecule has 0 aromatic rings. The summed E-state index contributed by atoms with van der Waals surface area (Å²) >= 11 is 0. The molecule has 4 rings (SSSR count). The number of likely N-dealkylation sites (N-methyl/N-ethyl adjacent to an activating group) is 1. The monoisotopic (exact) mass is 449 g/mol. The van der Waals surface area contributed by atoms with E-state index in [4.69, 9.17) is 4.74 Å². The van der Waals surface area contributed by atoms with Gasteiger partial charge in [0.2, 0.25) is 5.91 Å². The summed E-state index contributed by atoms with van der Waals surface area (Å²) in [6.45, 7) is 2.37. The fourth-order valence-electron chi connectivity index (χ4n) is 5.10. The van der Waals surface area contributed by atoms with Crippen molar-refractivity contribution in [1.29, 1.82) is 0 Å². The van der Waals surface area contributed by atoms with Crippen LogP contribution in [0.4, 0.5) is 4.79 Å². The van der Waals surface area contributed by atoms with Crippen LogP contribution in [-0.4, -0.2) is 126 Å². The highest BCUT2D eigenvalue weighted by atomic mass is 16.5. The first-order valence-electron chi connectivity index (χ1n) is 11.4. The Morgan fingerprint density at radius 3 is 1.94 bits per heavy atom. The predicted octanol–water partition coefficient (Wildman–Crippen LogP) is -0.887. The molecule has 3 aliphatic heterocycles. The van der Waals surface area contributed by atoms with Crippen LogP contribution in [0.5, 0.6) is 0 Å². The number of piperazine rings is 1. The Kier molecular flexibility index (Phi) is 6.36. The molecule has 0 unspecified atom stereocenters. The fraction of sp³-hybridized carbons (Fsp3) is 0.762. The molecule has 11 nitrogen and oxygen atoms in total. The van der Waals surface area contributed by atoms with Crippen LogP contribution in [0.2, 0.25) is 0 Å². The molecule has 0 aromatic carbocycles. The Morgan fingerprint density at radius 1 is 0.812 bits per heavy atom. The van der Waals surface area contributed by atoms with E-state index in [1.54, 1.807) is 11.9 Å². The number of nitrogens with zero attached hydrogens (tertiary/aromatic N) is 5. The van der Waals surface area contributed by atoms with Gasteiger partial charge in [-0.3, -0.25) is 24.1 Å². The van der Waals surface area contributed by atoms with Crippen LogP contribution in [0.1, 0.15) is 32.1 Å². The zero-order valence-electron chi connectivity index (χ0n) is 18.6. The van der Waals surface area contributed by atoms with Crippen LogP contribution in [0.25, 0.3) is 0 Å². The van der Waals surface area contributed by atoms with Gasteiger partial charge in [-0.1, -0.05) is 19.3 Å². The maximum atomic E-state index is 13.1. The second kappa shape index (κ2) is 9.05. The lowest BCUT2D eigenvalue weighted by atomic mass is 9.81. The number of imide groups is 1. The predicted molar refractivity (Wildman–Crippen MR) is 111 cm³/mol.